The molecular weight excluding hydrogens is 451 g/mol. The number of carbonyl (C=O) groups is 2. The third kappa shape index (κ3) is 5.36. The maximum atomic E-state index is 14.7. The van der Waals surface area contributed by atoms with Crippen LogP contribution in [0.4, 0.5) is 35.5 Å². The summed E-state index contributed by atoms with van der Waals surface area (Å²) >= 11 is 0. The number of hydrogen-bond acceptors (Lipinski definition) is 3. The second-order valence-electron chi connectivity index (χ2n) is 7.79. The van der Waals surface area contributed by atoms with Crippen LogP contribution >= 0.6 is 0 Å². The molecule has 13 heteroatoms. The van der Waals surface area contributed by atoms with Gasteiger partial charge in [-0.05, 0) is 31.7 Å². The first-order valence-electron chi connectivity index (χ1n) is 9.73. The molecule has 0 aromatic heterocycles. The van der Waals surface area contributed by atoms with Crippen LogP contribution in [0.5, 0.6) is 5.75 Å². The number of ether oxygens (including phenoxy) is 1. The molecule has 0 radical (unpaired) electrons. The van der Waals surface area contributed by atoms with Gasteiger partial charge in [-0.15, -0.1) is 13.2 Å². The summed E-state index contributed by atoms with van der Waals surface area (Å²) in [5.74, 6) is -4.86. The van der Waals surface area contributed by atoms with E-state index in [0.29, 0.717) is 6.07 Å². The van der Waals surface area contributed by atoms with Gasteiger partial charge in [-0.2, -0.15) is 13.2 Å². The first-order chi connectivity index (χ1) is 14.8. The zero-order valence-electron chi connectivity index (χ0n) is 16.7. The highest BCUT2D eigenvalue weighted by Crippen LogP contribution is 2.50. The number of alkyl halides is 6. The van der Waals surface area contributed by atoms with Crippen LogP contribution in [0.3, 0.4) is 0 Å². The Kier molecular flexibility index (Phi) is 6.47. The Balaban J connectivity index is 1.83. The molecule has 0 spiro atoms. The van der Waals surface area contributed by atoms with Gasteiger partial charge in [-0.3, -0.25) is 4.79 Å². The molecule has 1 aromatic rings. The Morgan fingerprint density at radius 2 is 1.88 bits per heavy atom. The quantitative estimate of drug-likeness (QED) is 0.655. The summed E-state index contributed by atoms with van der Waals surface area (Å²) < 4.78 is 94.3. The Morgan fingerprint density at radius 3 is 2.44 bits per heavy atom. The van der Waals surface area contributed by atoms with E-state index in [1.165, 1.54) is 6.92 Å². The average molecular weight is 471 g/mol. The zero-order valence-corrected chi connectivity index (χ0v) is 16.7. The van der Waals surface area contributed by atoms with E-state index >= 15 is 0 Å². The van der Waals surface area contributed by atoms with Crippen molar-refractivity contribution in [2.24, 2.45) is 11.8 Å². The molecule has 1 saturated carbocycles. The van der Waals surface area contributed by atoms with Gasteiger partial charge in [0.2, 0.25) is 5.91 Å². The van der Waals surface area contributed by atoms with Crippen molar-refractivity contribution in [3.05, 3.63) is 29.6 Å². The minimum atomic E-state index is -5.06. The lowest BCUT2D eigenvalue weighted by molar-refractivity contribution is -0.274. The normalized spacial score (nSPS) is 24.9. The third-order valence-electron chi connectivity index (χ3n) is 5.69. The average Bonchev–Trinajstić information content (AvgIpc) is 2.59. The number of urea groups is 1. The van der Waals surface area contributed by atoms with E-state index in [0.717, 1.165) is 17.0 Å². The number of piperazine rings is 1. The largest absolute Gasteiger partial charge is 0.573 e. The maximum absolute atomic E-state index is 14.7. The van der Waals surface area contributed by atoms with Crippen molar-refractivity contribution in [3.63, 3.8) is 0 Å². The first kappa shape index (κ1) is 23.9. The number of amides is 3. The lowest BCUT2D eigenvalue weighted by Gasteiger charge is -2.43. The van der Waals surface area contributed by atoms with Crippen LogP contribution in [0.1, 0.15) is 31.4 Å². The lowest BCUT2D eigenvalue weighted by Crippen LogP contribution is -2.59. The molecule has 2 atom stereocenters. The lowest BCUT2D eigenvalue weighted by atomic mass is 9.69. The number of hydrogen-bond donors (Lipinski definition) is 2. The van der Waals surface area contributed by atoms with Crippen LogP contribution in [0.25, 0.3) is 0 Å². The molecule has 0 bridgehead atoms. The standard InChI is InChI=1S/C19H20F7N3O3/c1-9-16(30)27-4-5-29(9)17(31)28-15(10-6-11(7-10)18(21,22)23)13-3-2-12(8-14(13)20)32-19(24,25)26/h2-3,8-11,15H,4-7H2,1H3,(H,27,30)(H,28,31)/t9-,10?,11?,15+/m1/s1. The Labute approximate surface area is 178 Å². The highest BCUT2D eigenvalue weighted by molar-refractivity contribution is 5.88. The number of benzene rings is 1. The van der Waals surface area contributed by atoms with Gasteiger partial charge in [0.05, 0.1) is 12.0 Å². The highest BCUT2D eigenvalue weighted by atomic mass is 19.4. The number of rotatable bonds is 4. The van der Waals surface area contributed by atoms with E-state index in [9.17, 15) is 40.3 Å². The number of nitrogens with zero attached hydrogens (tertiary/aromatic N) is 1. The molecule has 1 heterocycles. The third-order valence-corrected chi connectivity index (χ3v) is 5.69. The molecule has 1 aliphatic heterocycles. The summed E-state index contributed by atoms with van der Waals surface area (Å²) in [5, 5.41) is 5.02. The Morgan fingerprint density at radius 1 is 1.22 bits per heavy atom. The van der Waals surface area contributed by atoms with Gasteiger partial charge in [0.25, 0.3) is 0 Å². The fraction of sp³-hybridized carbons (Fsp3) is 0.579. The summed E-state index contributed by atoms with van der Waals surface area (Å²) in [6, 6.07) is -0.669. The van der Waals surface area contributed by atoms with Gasteiger partial charge in [0.1, 0.15) is 17.6 Å². The fourth-order valence-corrected chi connectivity index (χ4v) is 3.88. The van der Waals surface area contributed by atoms with Crippen molar-refractivity contribution in [1.82, 2.24) is 15.5 Å². The van der Waals surface area contributed by atoms with Crippen LogP contribution in [0.15, 0.2) is 18.2 Å². The second kappa shape index (κ2) is 8.66. The van der Waals surface area contributed by atoms with Gasteiger partial charge in [0, 0.05) is 24.7 Å². The molecule has 3 rings (SSSR count). The van der Waals surface area contributed by atoms with Gasteiger partial charge in [-0.1, -0.05) is 6.07 Å². The van der Waals surface area contributed by atoms with Crippen molar-refractivity contribution < 1.29 is 45.1 Å². The molecular formula is C19H20F7N3O3. The van der Waals surface area contributed by atoms with Crippen LogP contribution in [-0.2, 0) is 4.79 Å². The van der Waals surface area contributed by atoms with E-state index in [1.807, 2.05) is 0 Å². The Bertz CT molecular complexity index is 869. The molecule has 1 saturated heterocycles. The summed E-state index contributed by atoms with van der Waals surface area (Å²) in [6.07, 6.45) is -10.3. The van der Waals surface area contributed by atoms with Gasteiger partial charge < -0.3 is 20.3 Å². The Hall–Kier alpha value is -2.73. The minimum Gasteiger partial charge on any atom is -0.406 e. The van der Waals surface area contributed by atoms with E-state index in [4.69, 9.17) is 0 Å². The summed E-state index contributed by atoms with van der Waals surface area (Å²) in [7, 11) is 0. The van der Waals surface area contributed by atoms with Gasteiger partial charge in [0.15, 0.2) is 0 Å². The van der Waals surface area contributed by atoms with E-state index < -0.39 is 60.0 Å². The predicted octanol–water partition coefficient (Wildman–Crippen LogP) is 3.88. The van der Waals surface area contributed by atoms with Gasteiger partial charge >= 0.3 is 18.6 Å². The molecule has 1 aromatic carbocycles. The monoisotopic (exact) mass is 471 g/mol. The van der Waals surface area contributed by atoms with Crippen LogP contribution in [0, 0.1) is 17.7 Å². The van der Waals surface area contributed by atoms with Crippen molar-refractivity contribution in [2.45, 2.75) is 44.4 Å². The SMILES string of the molecule is C[C@@H]1C(=O)NCCN1C(=O)N[C@H](c1ccc(OC(F)(F)F)cc1F)C1CC(C(F)(F)F)C1. The molecule has 2 N–H and O–H groups in total. The smallest absolute Gasteiger partial charge is 0.406 e. The second-order valence-corrected chi connectivity index (χ2v) is 7.79. The van der Waals surface area contributed by atoms with Gasteiger partial charge in [-0.25, -0.2) is 9.18 Å². The van der Waals surface area contributed by atoms with Crippen LogP contribution in [-0.4, -0.2) is 48.5 Å². The molecule has 32 heavy (non-hydrogen) atoms. The zero-order chi connectivity index (χ0) is 23.8. The van der Waals surface area contributed by atoms with E-state index in [-0.39, 0.29) is 31.5 Å². The molecule has 3 amide bonds. The molecule has 0 unspecified atom stereocenters. The summed E-state index contributed by atoms with van der Waals surface area (Å²) in [4.78, 5) is 25.7. The predicted molar refractivity (Wildman–Crippen MR) is 95.8 cm³/mol. The van der Waals surface area contributed by atoms with Crippen molar-refractivity contribution in [2.75, 3.05) is 13.1 Å². The number of halogens is 7. The number of nitrogens with one attached hydrogen (secondary N) is 2. The van der Waals surface area contributed by atoms with Crippen LogP contribution in [0.2, 0.25) is 0 Å². The highest BCUT2D eigenvalue weighted by Gasteiger charge is 2.51. The summed E-state index contributed by atoms with van der Waals surface area (Å²) in [6.45, 7) is 1.75. The minimum absolute atomic E-state index is 0.127. The fourth-order valence-electron chi connectivity index (χ4n) is 3.88. The topological polar surface area (TPSA) is 70.7 Å². The first-order valence-corrected chi connectivity index (χ1v) is 9.73. The molecule has 1 aliphatic carbocycles. The summed E-state index contributed by atoms with van der Waals surface area (Å²) in [5.41, 5.74) is -0.271. The maximum Gasteiger partial charge on any atom is 0.573 e. The van der Waals surface area contributed by atoms with Crippen molar-refractivity contribution in [1.29, 1.82) is 0 Å². The van der Waals surface area contributed by atoms with E-state index in [1.54, 1.807) is 0 Å². The van der Waals surface area contributed by atoms with Crippen LogP contribution < -0.4 is 15.4 Å². The molecule has 2 aliphatic rings. The molecule has 6 nitrogen and oxygen atoms in total. The van der Waals surface area contributed by atoms with Crippen molar-refractivity contribution in [3.8, 4) is 5.75 Å². The van der Waals surface area contributed by atoms with E-state index in [2.05, 4.69) is 15.4 Å². The number of carbonyl (C=O) groups excluding carboxylic acids is 2. The molecule has 2 fully saturated rings. The molecule has 178 valence electrons. The van der Waals surface area contributed by atoms with Crippen molar-refractivity contribution >= 4 is 11.9 Å².